The van der Waals surface area contributed by atoms with Crippen LogP contribution in [0.25, 0.3) is 40.1 Å². The number of nitrogens with zero attached hydrogens (tertiary/aromatic N) is 5. The fourth-order valence-corrected chi connectivity index (χ4v) is 5.40. The molecule has 0 spiro atoms. The Hall–Kier alpha value is -5.02. The number of hydrogen-bond acceptors (Lipinski definition) is 7. The summed E-state index contributed by atoms with van der Waals surface area (Å²) in [5, 5.41) is 9.34. The minimum atomic E-state index is -0.220. The SMILES string of the molecule is CCOc1ccc(-c2nn(-c3ccccc3)cc2/C=c2\sc3nc(/C=C/c4ccc(OC)cc4)nn3c2=O)cc1C. The molecule has 6 rings (SSSR count). The molecule has 0 N–H and O–H groups in total. The molecule has 0 amide bonds. The van der Waals surface area contributed by atoms with Gasteiger partial charge in [-0.25, -0.2) is 4.68 Å². The second-order valence-electron chi connectivity index (χ2n) is 9.31. The number of fused-ring (bicyclic) bond motifs is 1. The molecule has 0 aliphatic heterocycles. The zero-order valence-electron chi connectivity index (χ0n) is 22.8. The second-order valence-corrected chi connectivity index (χ2v) is 10.3. The molecule has 3 aromatic carbocycles. The molecule has 0 saturated heterocycles. The smallest absolute Gasteiger partial charge is 0.291 e. The molecule has 9 heteroatoms. The van der Waals surface area contributed by atoms with Crippen molar-refractivity contribution in [1.82, 2.24) is 24.4 Å². The summed E-state index contributed by atoms with van der Waals surface area (Å²) in [4.78, 5) is 18.4. The van der Waals surface area contributed by atoms with Gasteiger partial charge in [0.25, 0.3) is 5.56 Å². The number of benzene rings is 3. The number of aryl methyl sites for hydroxylation is 1. The third kappa shape index (κ3) is 5.39. The van der Waals surface area contributed by atoms with Gasteiger partial charge in [0, 0.05) is 17.3 Å². The highest BCUT2D eigenvalue weighted by atomic mass is 32.1. The molecule has 0 bridgehead atoms. The van der Waals surface area contributed by atoms with Gasteiger partial charge in [0.15, 0.2) is 5.82 Å². The van der Waals surface area contributed by atoms with E-state index in [4.69, 9.17) is 14.6 Å². The first-order chi connectivity index (χ1) is 20.0. The van der Waals surface area contributed by atoms with Crippen LogP contribution in [0.3, 0.4) is 0 Å². The van der Waals surface area contributed by atoms with Crippen LogP contribution in [0.1, 0.15) is 29.4 Å². The fourth-order valence-electron chi connectivity index (χ4n) is 4.49. The van der Waals surface area contributed by atoms with Gasteiger partial charge < -0.3 is 9.47 Å². The Morgan fingerprint density at radius 3 is 2.49 bits per heavy atom. The highest BCUT2D eigenvalue weighted by molar-refractivity contribution is 7.15. The van der Waals surface area contributed by atoms with E-state index < -0.39 is 0 Å². The van der Waals surface area contributed by atoms with Crippen LogP contribution in [0.2, 0.25) is 0 Å². The topological polar surface area (TPSA) is 83.5 Å². The van der Waals surface area contributed by atoms with Gasteiger partial charge in [-0.15, -0.1) is 5.10 Å². The van der Waals surface area contributed by atoms with E-state index in [2.05, 4.69) is 16.1 Å². The molecule has 0 atom stereocenters. The molecule has 41 heavy (non-hydrogen) atoms. The van der Waals surface area contributed by atoms with E-state index in [9.17, 15) is 4.79 Å². The van der Waals surface area contributed by atoms with E-state index in [0.717, 1.165) is 45.1 Å². The summed E-state index contributed by atoms with van der Waals surface area (Å²) in [6.45, 7) is 4.58. The average molecular weight is 562 g/mol. The normalized spacial score (nSPS) is 12.0. The summed E-state index contributed by atoms with van der Waals surface area (Å²) in [5.41, 5.74) is 5.22. The van der Waals surface area contributed by atoms with Crippen molar-refractivity contribution >= 4 is 34.5 Å². The van der Waals surface area contributed by atoms with Gasteiger partial charge in [0.05, 0.1) is 23.9 Å². The van der Waals surface area contributed by atoms with E-state index in [1.54, 1.807) is 13.2 Å². The van der Waals surface area contributed by atoms with Crippen molar-refractivity contribution < 1.29 is 9.47 Å². The second kappa shape index (κ2) is 11.2. The monoisotopic (exact) mass is 561 g/mol. The third-order valence-corrected chi connectivity index (χ3v) is 7.50. The first-order valence-electron chi connectivity index (χ1n) is 13.1. The van der Waals surface area contributed by atoms with E-state index in [0.29, 0.717) is 21.9 Å². The third-order valence-electron chi connectivity index (χ3n) is 6.54. The van der Waals surface area contributed by atoms with Crippen LogP contribution in [0, 0.1) is 6.92 Å². The maximum atomic E-state index is 13.3. The highest BCUT2D eigenvalue weighted by Crippen LogP contribution is 2.29. The summed E-state index contributed by atoms with van der Waals surface area (Å²) in [5.74, 6) is 2.10. The van der Waals surface area contributed by atoms with Crippen molar-refractivity contribution in [2.45, 2.75) is 13.8 Å². The van der Waals surface area contributed by atoms with Crippen LogP contribution in [0.15, 0.2) is 83.8 Å². The number of aromatic nitrogens is 5. The molecule has 0 aliphatic rings. The van der Waals surface area contributed by atoms with Gasteiger partial charge in [-0.1, -0.05) is 47.7 Å². The lowest BCUT2D eigenvalue weighted by atomic mass is 10.0. The summed E-state index contributed by atoms with van der Waals surface area (Å²) >= 11 is 1.30. The number of methoxy groups -OCH3 is 1. The largest absolute Gasteiger partial charge is 0.497 e. The van der Waals surface area contributed by atoms with E-state index in [-0.39, 0.29) is 5.56 Å². The molecule has 8 nitrogen and oxygen atoms in total. The van der Waals surface area contributed by atoms with E-state index in [1.165, 1.54) is 15.9 Å². The summed E-state index contributed by atoms with van der Waals surface area (Å²) < 4.78 is 14.6. The molecule has 6 aromatic rings. The molecule has 3 heterocycles. The Bertz CT molecular complexity index is 1970. The molecule has 0 fully saturated rings. The van der Waals surface area contributed by atoms with Gasteiger partial charge in [-0.3, -0.25) is 4.79 Å². The van der Waals surface area contributed by atoms with E-state index >= 15 is 0 Å². The Balaban J connectivity index is 1.38. The zero-order valence-corrected chi connectivity index (χ0v) is 23.6. The Kier molecular flexibility index (Phi) is 7.18. The summed E-state index contributed by atoms with van der Waals surface area (Å²) in [7, 11) is 1.63. The van der Waals surface area contributed by atoms with E-state index in [1.807, 2.05) is 104 Å². The van der Waals surface area contributed by atoms with Gasteiger partial charge in [-0.05, 0) is 79.6 Å². The lowest BCUT2D eigenvalue weighted by molar-refractivity contribution is 0.338. The van der Waals surface area contributed by atoms with Gasteiger partial charge in [-0.2, -0.15) is 14.6 Å². The van der Waals surface area contributed by atoms with Gasteiger partial charge in [0.1, 0.15) is 17.2 Å². The minimum Gasteiger partial charge on any atom is -0.497 e. The predicted molar refractivity (Wildman–Crippen MR) is 163 cm³/mol. The van der Waals surface area contributed by atoms with Crippen LogP contribution in [0.5, 0.6) is 11.5 Å². The quantitative estimate of drug-likeness (QED) is 0.246. The number of ether oxygens (including phenoxy) is 2. The van der Waals surface area contributed by atoms with Crippen molar-refractivity contribution in [1.29, 1.82) is 0 Å². The minimum absolute atomic E-state index is 0.220. The highest BCUT2D eigenvalue weighted by Gasteiger charge is 2.15. The molecule has 0 saturated carbocycles. The molecule has 0 aliphatic carbocycles. The first-order valence-corrected chi connectivity index (χ1v) is 14.0. The Labute approximate surface area is 240 Å². The summed E-state index contributed by atoms with van der Waals surface area (Å²) in [6.07, 6.45) is 7.50. The molecule has 0 radical (unpaired) electrons. The zero-order chi connectivity index (χ0) is 28.3. The Morgan fingerprint density at radius 1 is 0.976 bits per heavy atom. The van der Waals surface area contributed by atoms with Gasteiger partial charge >= 0.3 is 0 Å². The number of rotatable bonds is 8. The van der Waals surface area contributed by atoms with Crippen LogP contribution in [-0.4, -0.2) is 38.1 Å². The number of hydrogen-bond donors (Lipinski definition) is 0. The van der Waals surface area contributed by atoms with Crippen molar-refractivity contribution in [2.24, 2.45) is 0 Å². The van der Waals surface area contributed by atoms with Crippen LogP contribution < -0.4 is 19.6 Å². The van der Waals surface area contributed by atoms with Crippen LogP contribution >= 0.6 is 11.3 Å². The van der Waals surface area contributed by atoms with Crippen molar-refractivity contribution in [2.75, 3.05) is 13.7 Å². The first kappa shape index (κ1) is 26.2. The number of thiazole rings is 1. The van der Waals surface area contributed by atoms with Gasteiger partial charge in [0.2, 0.25) is 4.96 Å². The number of para-hydroxylation sites is 1. The van der Waals surface area contributed by atoms with Crippen LogP contribution in [-0.2, 0) is 0 Å². The Morgan fingerprint density at radius 2 is 1.78 bits per heavy atom. The molecule has 3 aromatic heterocycles. The molecule has 0 unspecified atom stereocenters. The summed E-state index contributed by atoms with van der Waals surface area (Å²) in [6, 6.07) is 23.6. The molecular formula is C32H27N5O3S. The predicted octanol–water partition coefficient (Wildman–Crippen LogP) is 5.44. The maximum Gasteiger partial charge on any atom is 0.291 e. The fraction of sp³-hybridized carbons (Fsp3) is 0.125. The van der Waals surface area contributed by atoms with Crippen molar-refractivity contribution in [3.8, 4) is 28.4 Å². The lowest BCUT2D eigenvalue weighted by Gasteiger charge is -2.08. The molecule has 204 valence electrons. The van der Waals surface area contributed by atoms with Crippen molar-refractivity contribution in [3.63, 3.8) is 0 Å². The van der Waals surface area contributed by atoms with Crippen molar-refractivity contribution in [3.05, 3.63) is 116 Å². The lowest BCUT2D eigenvalue weighted by Crippen LogP contribution is -2.23. The average Bonchev–Trinajstić information content (AvgIpc) is 3.68. The maximum absolute atomic E-state index is 13.3. The van der Waals surface area contributed by atoms with Crippen LogP contribution in [0.4, 0.5) is 0 Å². The standard InChI is InChI=1S/C32H27N5O3S/c1-4-40-27-16-13-23(18-21(27)2)30-24(20-36(35-30)25-8-6-5-7-9-25)19-28-31(38)37-32(41-28)33-29(34-37)17-12-22-10-14-26(39-3)15-11-22/h5-20H,4H2,1-3H3/b17-12+,28-19-. The molecular weight excluding hydrogens is 534 g/mol.